The summed E-state index contributed by atoms with van der Waals surface area (Å²) in [6, 6.07) is 0.454. The molecule has 0 saturated heterocycles. The predicted molar refractivity (Wildman–Crippen MR) is 72.4 cm³/mol. The molecule has 96 valence electrons. The molecule has 1 heterocycles. The molecular weight excluding hydrogens is 230 g/mol. The van der Waals surface area contributed by atoms with Gasteiger partial charge in [-0.25, -0.2) is 0 Å². The molecule has 17 heavy (non-hydrogen) atoms. The number of aromatic nitrogens is 2. The molecule has 1 aromatic heterocycles. The quantitative estimate of drug-likeness (QED) is 0.872. The minimum Gasteiger partial charge on any atom is -0.312 e. The van der Waals surface area contributed by atoms with Crippen LogP contribution in [0.4, 0.5) is 0 Å². The van der Waals surface area contributed by atoms with Crippen LogP contribution >= 0.6 is 11.5 Å². The first-order valence-electron chi connectivity index (χ1n) is 6.71. The molecule has 0 bridgehead atoms. The first kappa shape index (κ1) is 13.0. The van der Waals surface area contributed by atoms with Crippen molar-refractivity contribution in [3.8, 4) is 0 Å². The van der Waals surface area contributed by atoms with E-state index in [4.69, 9.17) is 0 Å². The number of rotatable bonds is 5. The molecule has 0 spiro atoms. The summed E-state index contributed by atoms with van der Waals surface area (Å²) in [6.07, 6.45) is 6.89. The molecule has 4 heteroatoms. The van der Waals surface area contributed by atoms with Crippen molar-refractivity contribution in [1.82, 2.24) is 14.9 Å². The van der Waals surface area contributed by atoms with Crippen LogP contribution in [0.15, 0.2) is 0 Å². The third-order valence-electron chi connectivity index (χ3n) is 3.80. The lowest BCUT2D eigenvalue weighted by molar-refractivity contribution is 0.414. The van der Waals surface area contributed by atoms with Crippen molar-refractivity contribution in [2.45, 2.75) is 57.9 Å². The largest absolute Gasteiger partial charge is 0.312 e. The van der Waals surface area contributed by atoms with E-state index < -0.39 is 0 Å². The average Bonchev–Trinajstić information content (AvgIpc) is 2.96. The summed E-state index contributed by atoms with van der Waals surface area (Å²) >= 11 is 1.57. The van der Waals surface area contributed by atoms with Crippen LogP contribution < -0.4 is 5.32 Å². The van der Waals surface area contributed by atoms with Gasteiger partial charge in [-0.3, -0.25) is 0 Å². The van der Waals surface area contributed by atoms with Crippen molar-refractivity contribution < 1.29 is 0 Å². The summed E-state index contributed by atoms with van der Waals surface area (Å²) in [4.78, 5) is 1.36. The van der Waals surface area contributed by atoms with Crippen molar-refractivity contribution in [2.75, 3.05) is 7.05 Å². The van der Waals surface area contributed by atoms with Gasteiger partial charge in [0.2, 0.25) is 0 Å². The fourth-order valence-corrected chi connectivity index (χ4v) is 3.71. The normalized spacial score (nSPS) is 19.1. The van der Waals surface area contributed by atoms with E-state index in [0.717, 1.165) is 5.92 Å². The van der Waals surface area contributed by atoms with Crippen LogP contribution in [0.2, 0.25) is 0 Å². The van der Waals surface area contributed by atoms with Crippen LogP contribution in [0, 0.1) is 5.92 Å². The summed E-state index contributed by atoms with van der Waals surface area (Å²) < 4.78 is 4.14. The molecular formula is C13H23N3S. The SMILES string of the molecule is CNC(CC1CCCC1)c1snnc1C(C)C. The number of hydrogen-bond donors (Lipinski definition) is 1. The molecule has 1 unspecified atom stereocenters. The van der Waals surface area contributed by atoms with Crippen molar-refractivity contribution in [3.05, 3.63) is 10.6 Å². The first-order valence-corrected chi connectivity index (χ1v) is 7.49. The molecule has 1 N–H and O–H groups in total. The van der Waals surface area contributed by atoms with E-state index in [9.17, 15) is 0 Å². The van der Waals surface area contributed by atoms with Crippen molar-refractivity contribution in [2.24, 2.45) is 5.92 Å². The van der Waals surface area contributed by atoms with Crippen LogP contribution in [-0.2, 0) is 0 Å². The van der Waals surface area contributed by atoms with Crippen molar-refractivity contribution in [3.63, 3.8) is 0 Å². The van der Waals surface area contributed by atoms with E-state index in [-0.39, 0.29) is 0 Å². The summed E-state index contributed by atoms with van der Waals surface area (Å²) in [5, 5.41) is 7.74. The lowest BCUT2D eigenvalue weighted by atomic mass is 9.95. The van der Waals surface area contributed by atoms with Gasteiger partial charge >= 0.3 is 0 Å². The predicted octanol–water partition coefficient (Wildman–Crippen LogP) is 3.50. The Morgan fingerprint density at radius 3 is 2.65 bits per heavy atom. The van der Waals surface area contributed by atoms with Gasteiger partial charge in [-0.15, -0.1) is 5.10 Å². The van der Waals surface area contributed by atoms with Crippen LogP contribution in [0.5, 0.6) is 0 Å². The minimum atomic E-state index is 0.454. The Morgan fingerprint density at radius 2 is 2.06 bits per heavy atom. The highest BCUT2D eigenvalue weighted by atomic mass is 32.1. The van der Waals surface area contributed by atoms with Crippen LogP contribution in [0.3, 0.4) is 0 Å². The molecule has 0 aromatic carbocycles. The van der Waals surface area contributed by atoms with E-state index in [0.29, 0.717) is 12.0 Å². The minimum absolute atomic E-state index is 0.454. The van der Waals surface area contributed by atoms with E-state index >= 15 is 0 Å². The van der Waals surface area contributed by atoms with E-state index in [2.05, 4.69) is 35.8 Å². The number of nitrogens with one attached hydrogen (secondary N) is 1. The van der Waals surface area contributed by atoms with Gasteiger partial charge in [0.25, 0.3) is 0 Å². The molecule has 3 nitrogen and oxygen atoms in total. The third-order valence-corrected chi connectivity index (χ3v) is 4.65. The molecule has 1 aliphatic carbocycles. The fourth-order valence-electron chi connectivity index (χ4n) is 2.78. The van der Waals surface area contributed by atoms with Gasteiger partial charge in [0.1, 0.15) is 0 Å². The molecule has 2 rings (SSSR count). The summed E-state index contributed by atoms with van der Waals surface area (Å²) in [5.41, 5.74) is 1.19. The molecule has 0 amide bonds. The Morgan fingerprint density at radius 1 is 1.35 bits per heavy atom. The zero-order valence-electron chi connectivity index (χ0n) is 11.1. The standard InChI is InChI=1S/C13H23N3S/c1-9(2)12-13(17-16-15-12)11(14-3)8-10-6-4-5-7-10/h9-11,14H,4-8H2,1-3H3. The lowest BCUT2D eigenvalue weighted by Gasteiger charge is -2.20. The maximum absolute atomic E-state index is 4.29. The Kier molecular flexibility index (Phi) is 4.51. The van der Waals surface area contributed by atoms with Gasteiger partial charge < -0.3 is 5.32 Å². The van der Waals surface area contributed by atoms with E-state index in [1.54, 1.807) is 11.5 Å². The zero-order chi connectivity index (χ0) is 12.3. The van der Waals surface area contributed by atoms with Crippen LogP contribution in [-0.4, -0.2) is 16.6 Å². The highest BCUT2D eigenvalue weighted by molar-refractivity contribution is 7.05. The van der Waals surface area contributed by atoms with E-state index in [1.165, 1.54) is 42.7 Å². The van der Waals surface area contributed by atoms with Gasteiger partial charge in [-0.2, -0.15) is 0 Å². The average molecular weight is 253 g/mol. The molecule has 1 atom stereocenters. The number of hydrogen-bond acceptors (Lipinski definition) is 4. The lowest BCUT2D eigenvalue weighted by Crippen LogP contribution is -2.19. The molecule has 1 aromatic rings. The molecule has 0 radical (unpaired) electrons. The second-order valence-electron chi connectivity index (χ2n) is 5.40. The topological polar surface area (TPSA) is 37.8 Å². The highest BCUT2D eigenvalue weighted by Crippen LogP contribution is 2.35. The van der Waals surface area contributed by atoms with Gasteiger partial charge in [0, 0.05) is 6.04 Å². The number of nitrogens with zero attached hydrogens (tertiary/aromatic N) is 2. The molecule has 1 saturated carbocycles. The Labute approximate surface area is 108 Å². The highest BCUT2D eigenvalue weighted by Gasteiger charge is 2.24. The summed E-state index contributed by atoms with van der Waals surface area (Å²) in [7, 11) is 2.06. The Balaban J connectivity index is 2.08. The van der Waals surface area contributed by atoms with Crippen molar-refractivity contribution in [1.29, 1.82) is 0 Å². The van der Waals surface area contributed by atoms with Crippen LogP contribution in [0.1, 0.15) is 68.5 Å². The molecule has 1 aliphatic rings. The van der Waals surface area contributed by atoms with Crippen molar-refractivity contribution >= 4 is 11.5 Å². The fraction of sp³-hybridized carbons (Fsp3) is 0.846. The summed E-state index contributed by atoms with van der Waals surface area (Å²) in [6.45, 7) is 4.39. The Bertz CT molecular complexity index is 342. The van der Waals surface area contributed by atoms with Gasteiger partial charge in [0.05, 0.1) is 10.6 Å². The maximum Gasteiger partial charge on any atom is 0.0829 e. The maximum atomic E-state index is 4.29. The van der Waals surface area contributed by atoms with Gasteiger partial charge in [-0.05, 0) is 36.8 Å². The third kappa shape index (κ3) is 3.05. The molecule has 1 fully saturated rings. The summed E-state index contributed by atoms with van der Waals surface area (Å²) in [5.74, 6) is 1.37. The second kappa shape index (κ2) is 5.91. The monoisotopic (exact) mass is 253 g/mol. The van der Waals surface area contributed by atoms with Gasteiger partial charge in [0.15, 0.2) is 0 Å². The molecule has 0 aliphatic heterocycles. The smallest absolute Gasteiger partial charge is 0.0829 e. The zero-order valence-corrected chi connectivity index (χ0v) is 11.9. The van der Waals surface area contributed by atoms with Gasteiger partial charge in [-0.1, -0.05) is 44.0 Å². The van der Waals surface area contributed by atoms with E-state index in [1.807, 2.05) is 0 Å². The van der Waals surface area contributed by atoms with Crippen LogP contribution in [0.25, 0.3) is 0 Å². The first-order chi connectivity index (χ1) is 8.22. The Hall–Kier alpha value is -0.480. The second-order valence-corrected chi connectivity index (χ2v) is 6.19.